The number of carbonyl (C=O) groups excluding carboxylic acids is 3. The zero-order valence-electron chi connectivity index (χ0n) is 24.6. The number of hydrogen-bond acceptors (Lipinski definition) is 5. The van der Waals surface area contributed by atoms with E-state index in [0.717, 1.165) is 22.4 Å². The van der Waals surface area contributed by atoms with Gasteiger partial charge in [-0.25, -0.2) is 0 Å². The van der Waals surface area contributed by atoms with Crippen LogP contribution in [0.2, 0.25) is 0 Å². The molecule has 5 rings (SSSR count). The van der Waals surface area contributed by atoms with Crippen molar-refractivity contribution in [2.24, 2.45) is 11.8 Å². The monoisotopic (exact) mass is 571 g/mol. The molecular formula is C34H41N3O5. The molecule has 2 unspecified atom stereocenters. The van der Waals surface area contributed by atoms with Crippen molar-refractivity contribution >= 4 is 23.4 Å². The zero-order chi connectivity index (χ0) is 30.0. The van der Waals surface area contributed by atoms with Crippen molar-refractivity contribution in [1.82, 2.24) is 9.80 Å². The Morgan fingerprint density at radius 2 is 1.74 bits per heavy atom. The molecule has 3 heterocycles. The highest BCUT2D eigenvalue weighted by Gasteiger charge is 2.74. The third kappa shape index (κ3) is 4.96. The Morgan fingerprint density at radius 3 is 2.38 bits per heavy atom. The van der Waals surface area contributed by atoms with Crippen LogP contribution in [-0.2, 0) is 25.7 Å². The first kappa shape index (κ1) is 29.7. The van der Waals surface area contributed by atoms with E-state index in [1.807, 2.05) is 62.4 Å². The number of aliphatic hydroxyl groups excluding tert-OH is 1. The number of ether oxygens (including phenoxy) is 1. The van der Waals surface area contributed by atoms with E-state index in [0.29, 0.717) is 32.4 Å². The molecule has 1 spiro atoms. The second kappa shape index (κ2) is 12.2. The molecule has 3 saturated heterocycles. The largest absolute Gasteiger partial charge is 0.396 e. The number of anilines is 1. The van der Waals surface area contributed by atoms with E-state index >= 15 is 0 Å². The quantitative estimate of drug-likeness (QED) is 0.392. The highest BCUT2D eigenvalue weighted by molar-refractivity contribution is 6.05. The Bertz CT molecular complexity index is 1340. The number of aryl methyl sites for hydroxylation is 2. The molecule has 0 aliphatic carbocycles. The van der Waals surface area contributed by atoms with Crippen molar-refractivity contribution in [2.75, 3.05) is 31.1 Å². The maximum absolute atomic E-state index is 14.7. The van der Waals surface area contributed by atoms with E-state index < -0.39 is 29.6 Å². The summed E-state index contributed by atoms with van der Waals surface area (Å²) in [6, 6.07) is 14.7. The lowest BCUT2D eigenvalue weighted by Crippen LogP contribution is -2.57. The van der Waals surface area contributed by atoms with Gasteiger partial charge in [0.1, 0.15) is 11.6 Å². The number of nitrogens with zero attached hydrogens (tertiary/aromatic N) is 3. The fourth-order valence-electron chi connectivity index (χ4n) is 7.40. The highest BCUT2D eigenvalue weighted by atomic mass is 16.5. The number of hydrogen-bond donors (Lipinski definition) is 1. The number of carbonyl (C=O) groups is 3. The van der Waals surface area contributed by atoms with Gasteiger partial charge < -0.3 is 24.5 Å². The van der Waals surface area contributed by atoms with Crippen LogP contribution in [0.15, 0.2) is 73.8 Å². The van der Waals surface area contributed by atoms with E-state index in [9.17, 15) is 19.5 Å². The van der Waals surface area contributed by atoms with Crippen LogP contribution in [0, 0.1) is 25.7 Å². The molecular weight excluding hydrogens is 530 g/mol. The number of amides is 3. The molecule has 0 aromatic heterocycles. The summed E-state index contributed by atoms with van der Waals surface area (Å²) in [5.41, 5.74) is 2.54. The van der Waals surface area contributed by atoms with Crippen molar-refractivity contribution in [3.05, 3.63) is 90.5 Å². The van der Waals surface area contributed by atoms with Gasteiger partial charge in [0, 0.05) is 38.5 Å². The van der Waals surface area contributed by atoms with Gasteiger partial charge in [-0.15, -0.1) is 13.2 Å². The van der Waals surface area contributed by atoms with Crippen LogP contribution in [0.25, 0.3) is 0 Å². The maximum Gasteiger partial charge on any atom is 0.253 e. The standard InChI is InChI=1S/C34H41N3O5/c1-5-18-35(22-25-14-8-7-9-15-25)31(39)27-26-16-17-34(42-26)28(27)32(40)37(20-11-21-38)30(34)33(41)36(19-6-2)29-23(3)12-10-13-24(29)4/h5-10,12-15,26-28,30,38H,1-2,11,16-22H2,3-4H3/t26-,27+,28-,30?,34?/m0/s1. The summed E-state index contributed by atoms with van der Waals surface area (Å²) in [6.45, 7) is 12.7. The van der Waals surface area contributed by atoms with Crippen LogP contribution in [0.4, 0.5) is 5.69 Å². The Kier molecular flexibility index (Phi) is 8.66. The van der Waals surface area contributed by atoms with Gasteiger partial charge in [0.15, 0.2) is 0 Å². The molecule has 3 aliphatic heterocycles. The topological polar surface area (TPSA) is 90.4 Å². The minimum atomic E-state index is -1.11. The summed E-state index contributed by atoms with van der Waals surface area (Å²) in [4.78, 5) is 48.2. The summed E-state index contributed by atoms with van der Waals surface area (Å²) in [7, 11) is 0. The van der Waals surface area contributed by atoms with E-state index in [-0.39, 0.29) is 37.4 Å². The van der Waals surface area contributed by atoms with Crippen molar-refractivity contribution < 1.29 is 24.2 Å². The summed E-state index contributed by atoms with van der Waals surface area (Å²) < 4.78 is 6.66. The van der Waals surface area contributed by atoms with Crippen molar-refractivity contribution in [3.63, 3.8) is 0 Å². The maximum atomic E-state index is 14.7. The van der Waals surface area contributed by atoms with Crippen molar-refractivity contribution in [1.29, 1.82) is 0 Å². The van der Waals surface area contributed by atoms with Gasteiger partial charge in [-0.05, 0) is 49.8 Å². The van der Waals surface area contributed by atoms with Gasteiger partial charge in [-0.2, -0.15) is 0 Å². The Morgan fingerprint density at radius 1 is 1.05 bits per heavy atom. The Balaban J connectivity index is 1.54. The van der Waals surface area contributed by atoms with Crippen LogP contribution in [0.1, 0.15) is 36.0 Å². The molecule has 0 saturated carbocycles. The first-order chi connectivity index (χ1) is 20.3. The molecule has 8 heteroatoms. The van der Waals surface area contributed by atoms with Gasteiger partial charge in [0.2, 0.25) is 11.8 Å². The average Bonchev–Trinajstić information content (AvgIpc) is 3.62. The average molecular weight is 572 g/mol. The van der Waals surface area contributed by atoms with Crippen LogP contribution >= 0.6 is 0 Å². The lowest BCUT2D eigenvalue weighted by molar-refractivity contribution is -0.145. The van der Waals surface area contributed by atoms with Gasteiger partial charge in [-0.1, -0.05) is 60.7 Å². The fourth-order valence-corrected chi connectivity index (χ4v) is 7.40. The second-order valence-corrected chi connectivity index (χ2v) is 11.6. The molecule has 2 bridgehead atoms. The SMILES string of the molecule is C=CCN(Cc1ccccc1)C(=O)[C@@H]1[C@@H]2CCC3(O2)C(C(=O)N(CC=C)c2c(C)cccc2C)N(CCCO)C(=O)[C@H]13. The van der Waals surface area contributed by atoms with Gasteiger partial charge in [0.25, 0.3) is 5.91 Å². The first-order valence-corrected chi connectivity index (χ1v) is 14.8. The first-order valence-electron chi connectivity index (χ1n) is 14.8. The van der Waals surface area contributed by atoms with Crippen LogP contribution in [0.3, 0.4) is 0 Å². The molecule has 222 valence electrons. The zero-order valence-corrected chi connectivity index (χ0v) is 24.6. The fraction of sp³-hybridized carbons (Fsp3) is 0.441. The van der Waals surface area contributed by atoms with Gasteiger partial charge >= 0.3 is 0 Å². The van der Waals surface area contributed by atoms with E-state index in [1.165, 1.54) is 0 Å². The minimum Gasteiger partial charge on any atom is -0.396 e. The molecule has 3 aliphatic rings. The number of rotatable bonds is 12. The van der Waals surface area contributed by atoms with Crippen LogP contribution in [0.5, 0.6) is 0 Å². The molecule has 2 aromatic rings. The van der Waals surface area contributed by atoms with E-state index in [1.54, 1.807) is 26.9 Å². The van der Waals surface area contributed by atoms with Crippen molar-refractivity contribution in [2.45, 2.75) is 57.4 Å². The third-order valence-corrected chi connectivity index (χ3v) is 9.04. The summed E-state index contributed by atoms with van der Waals surface area (Å²) in [5.74, 6) is -2.13. The van der Waals surface area contributed by atoms with Crippen LogP contribution < -0.4 is 4.90 Å². The normalized spacial score (nSPS) is 25.8. The number of likely N-dealkylation sites (tertiary alicyclic amines) is 1. The number of para-hydroxylation sites is 1. The summed E-state index contributed by atoms with van der Waals surface area (Å²) in [6.07, 6.45) is 4.36. The predicted molar refractivity (Wildman–Crippen MR) is 162 cm³/mol. The molecule has 3 amide bonds. The molecule has 5 atom stereocenters. The number of benzene rings is 2. The van der Waals surface area contributed by atoms with E-state index in [2.05, 4.69) is 13.2 Å². The van der Waals surface area contributed by atoms with Crippen LogP contribution in [-0.4, -0.2) is 76.6 Å². The Hall–Kier alpha value is -3.75. The highest BCUT2D eigenvalue weighted by Crippen LogP contribution is 2.59. The second-order valence-electron chi connectivity index (χ2n) is 11.6. The molecule has 3 fully saturated rings. The molecule has 8 nitrogen and oxygen atoms in total. The summed E-state index contributed by atoms with van der Waals surface area (Å²) in [5, 5.41) is 9.68. The summed E-state index contributed by atoms with van der Waals surface area (Å²) >= 11 is 0. The molecule has 2 aromatic carbocycles. The lowest BCUT2D eigenvalue weighted by atomic mass is 9.70. The lowest BCUT2D eigenvalue weighted by Gasteiger charge is -2.37. The van der Waals surface area contributed by atoms with Crippen molar-refractivity contribution in [3.8, 4) is 0 Å². The number of aliphatic hydroxyl groups is 1. The molecule has 42 heavy (non-hydrogen) atoms. The molecule has 0 radical (unpaired) electrons. The Labute approximate surface area is 248 Å². The third-order valence-electron chi connectivity index (χ3n) is 9.04. The van der Waals surface area contributed by atoms with E-state index in [4.69, 9.17) is 4.74 Å². The molecule has 1 N–H and O–H groups in total. The minimum absolute atomic E-state index is 0.119. The van der Waals surface area contributed by atoms with Gasteiger partial charge in [-0.3, -0.25) is 14.4 Å². The smallest absolute Gasteiger partial charge is 0.253 e. The predicted octanol–water partition coefficient (Wildman–Crippen LogP) is 3.79. The van der Waals surface area contributed by atoms with Gasteiger partial charge in [0.05, 0.1) is 17.9 Å². The number of fused-ring (bicyclic) bond motifs is 1.